The Balaban J connectivity index is 1.64. The van der Waals surface area contributed by atoms with Crippen LogP contribution in [0, 0.1) is 5.82 Å². The van der Waals surface area contributed by atoms with Gasteiger partial charge >= 0.3 is 5.69 Å². The number of fused-ring (bicyclic) bond motifs is 1. The van der Waals surface area contributed by atoms with Crippen molar-refractivity contribution in [3.8, 4) is 0 Å². The zero-order chi connectivity index (χ0) is 21.7. The molecule has 8 nitrogen and oxygen atoms in total. The molecule has 0 fully saturated rings. The van der Waals surface area contributed by atoms with Crippen LogP contribution in [0.1, 0.15) is 41.0 Å². The standard InChI is InChI=1S/C21H31FN6O2/c1-26(2)12-13-28-21(30)27-11-9-16(6-8-19(27)25-28)24-20(29)17-14-15(4-3-10-23)5-7-18(17)22/h5,7,14,16H,3-4,6,8-13,23H2,1-2H3,(H,24,29). The number of carbonyl (C=O) groups excluding carboxylic acids is 1. The molecule has 0 radical (unpaired) electrons. The SMILES string of the molecule is CN(C)CCn1nc2n(c1=O)CCC(NC(=O)c1cc(CCCN)ccc1F)CC2. The molecule has 0 saturated heterocycles. The number of hydrogen-bond acceptors (Lipinski definition) is 5. The van der Waals surface area contributed by atoms with Crippen molar-refractivity contribution in [3.63, 3.8) is 0 Å². The third-order valence-electron chi connectivity index (χ3n) is 5.46. The summed E-state index contributed by atoms with van der Waals surface area (Å²) in [5.41, 5.74) is 6.37. The zero-order valence-electron chi connectivity index (χ0n) is 17.7. The fourth-order valence-corrected chi connectivity index (χ4v) is 3.68. The minimum Gasteiger partial charge on any atom is -0.349 e. The Labute approximate surface area is 175 Å². The van der Waals surface area contributed by atoms with E-state index in [4.69, 9.17) is 5.73 Å². The summed E-state index contributed by atoms with van der Waals surface area (Å²) in [7, 11) is 3.91. The highest BCUT2D eigenvalue weighted by Crippen LogP contribution is 2.16. The summed E-state index contributed by atoms with van der Waals surface area (Å²) in [5, 5.41) is 7.40. The second-order valence-corrected chi connectivity index (χ2v) is 8.08. The Bertz CT molecular complexity index is 936. The zero-order valence-corrected chi connectivity index (χ0v) is 17.7. The van der Waals surface area contributed by atoms with Crippen LogP contribution in [0.2, 0.25) is 0 Å². The van der Waals surface area contributed by atoms with Crippen molar-refractivity contribution in [3.05, 3.63) is 51.5 Å². The van der Waals surface area contributed by atoms with Crippen LogP contribution in [0.5, 0.6) is 0 Å². The average molecular weight is 419 g/mol. The smallest absolute Gasteiger partial charge is 0.345 e. The van der Waals surface area contributed by atoms with Crippen LogP contribution in [0.3, 0.4) is 0 Å². The first-order chi connectivity index (χ1) is 14.4. The molecule has 2 aromatic rings. The van der Waals surface area contributed by atoms with E-state index in [0.717, 1.165) is 24.4 Å². The quantitative estimate of drug-likeness (QED) is 0.660. The van der Waals surface area contributed by atoms with Crippen LogP contribution in [-0.2, 0) is 25.9 Å². The molecule has 164 valence electrons. The van der Waals surface area contributed by atoms with Crippen LogP contribution in [0.4, 0.5) is 4.39 Å². The van der Waals surface area contributed by atoms with Gasteiger partial charge in [0.25, 0.3) is 5.91 Å². The molecule has 9 heteroatoms. The van der Waals surface area contributed by atoms with Gasteiger partial charge in [0.05, 0.1) is 12.1 Å². The third kappa shape index (κ3) is 5.34. The molecule has 1 atom stereocenters. The van der Waals surface area contributed by atoms with Crippen molar-refractivity contribution >= 4 is 5.91 Å². The fourth-order valence-electron chi connectivity index (χ4n) is 3.68. The van der Waals surface area contributed by atoms with Crippen LogP contribution in [-0.4, -0.2) is 58.4 Å². The number of likely N-dealkylation sites (N-methyl/N-ethyl adjacent to an activating group) is 1. The molecule has 1 unspecified atom stereocenters. The van der Waals surface area contributed by atoms with Gasteiger partial charge in [-0.05, 0) is 64.0 Å². The summed E-state index contributed by atoms with van der Waals surface area (Å²) < 4.78 is 17.4. The Morgan fingerprint density at radius 3 is 2.90 bits per heavy atom. The van der Waals surface area contributed by atoms with Crippen molar-refractivity contribution in [2.75, 3.05) is 27.2 Å². The Morgan fingerprint density at radius 1 is 1.37 bits per heavy atom. The first-order valence-corrected chi connectivity index (χ1v) is 10.5. The van der Waals surface area contributed by atoms with E-state index in [0.29, 0.717) is 45.3 Å². The van der Waals surface area contributed by atoms with Crippen molar-refractivity contribution in [2.45, 2.75) is 51.2 Å². The van der Waals surface area contributed by atoms with E-state index in [1.165, 1.54) is 10.7 Å². The lowest BCUT2D eigenvalue weighted by atomic mass is 10.0. The van der Waals surface area contributed by atoms with Crippen molar-refractivity contribution < 1.29 is 9.18 Å². The number of aromatic nitrogens is 3. The highest BCUT2D eigenvalue weighted by molar-refractivity contribution is 5.94. The predicted octanol–water partition coefficient (Wildman–Crippen LogP) is 0.772. The summed E-state index contributed by atoms with van der Waals surface area (Å²) in [4.78, 5) is 27.3. The maximum absolute atomic E-state index is 14.2. The molecule has 3 rings (SSSR count). The molecule has 1 amide bonds. The van der Waals surface area contributed by atoms with Gasteiger partial charge in [0.15, 0.2) is 0 Å². The van der Waals surface area contributed by atoms with E-state index in [1.54, 1.807) is 16.7 Å². The van der Waals surface area contributed by atoms with Crippen LogP contribution in [0.15, 0.2) is 23.0 Å². The summed E-state index contributed by atoms with van der Waals surface area (Å²) in [6.45, 7) is 2.32. The van der Waals surface area contributed by atoms with Gasteiger partial charge in [-0.15, -0.1) is 0 Å². The molecular weight excluding hydrogens is 387 g/mol. The average Bonchev–Trinajstić information content (AvgIpc) is 2.88. The highest BCUT2D eigenvalue weighted by atomic mass is 19.1. The summed E-state index contributed by atoms with van der Waals surface area (Å²) in [5.74, 6) is -0.213. The number of nitrogens with one attached hydrogen (secondary N) is 1. The number of aryl methyl sites for hydroxylation is 2. The van der Waals surface area contributed by atoms with Crippen molar-refractivity contribution in [1.82, 2.24) is 24.6 Å². The first-order valence-electron chi connectivity index (χ1n) is 10.5. The van der Waals surface area contributed by atoms with Crippen molar-refractivity contribution in [2.24, 2.45) is 5.73 Å². The Kier molecular flexibility index (Phi) is 7.38. The predicted molar refractivity (Wildman–Crippen MR) is 113 cm³/mol. The molecule has 1 aliphatic rings. The number of hydrogen-bond donors (Lipinski definition) is 2. The molecular formula is C21H31FN6O2. The summed E-state index contributed by atoms with van der Waals surface area (Å²) >= 11 is 0. The minimum absolute atomic E-state index is 0.0533. The second kappa shape index (κ2) is 9.99. The van der Waals surface area contributed by atoms with Gasteiger partial charge in [0.2, 0.25) is 0 Å². The molecule has 0 bridgehead atoms. The topological polar surface area (TPSA) is 98.2 Å². The van der Waals surface area contributed by atoms with E-state index in [2.05, 4.69) is 10.4 Å². The fraction of sp³-hybridized carbons (Fsp3) is 0.571. The normalized spacial score (nSPS) is 16.4. The minimum atomic E-state index is -0.533. The van der Waals surface area contributed by atoms with Gasteiger partial charge in [0.1, 0.15) is 11.6 Å². The van der Waals surface area contributed by atoms with Crippen molar-refractivity contribution in [1.29, 1.82) is 0 Å². The molecule has 1 aliphatic heterocycles. The van der Waals surface area contributed by atoms with Gasteiger partial charge in [0, 0.05) is 25.6 Å². The van der Waals surface area contributed by atoms with Crippen LogP contribution >= 0.6 is 0 Å². The molecule has 1 aromatic carbocycles. The van der Waals surface area contributed by atoms with Gasteiger partial charge in [-0.3, -0.25) is 9.36 Å². The van der Waals surface area contributed by atoms with Gasteiger partial charge < -0.3 is 16.0 Å². The molecule has 2 heterocycles. The number of nitrogens with two attached hydrogens (primary N) is 1. The van der Waals surface area contributed by atoms with E-state index < -0.39 is 11.7 Å². The lowest BCUT2D eigenvalue weighted by molar-refractivity contribution is 0.0928. The van der Waals surface area contributed by atoms with Crippen LogP contribution in [0.25, 0.3) is 0 Å². The summed E-state index contributed by atoms with van der Waals surface area (Å²) in [6.07, 6.45) is 3.35. The van der Waals surface area contributed by atoms with E-state index in [-0.39, 0.29) is 17.3 Å². The number of benzene rings is 1. The Morgan fingerprint density at radius 2 is 2.17 bits per heavy atom. The first kappa shape index (κ1) is 22.2. The second-order valence-electron chi connectivity index (χ2n) is 8.08. The monoisotopic (exact) mass is 418 g/mol. The summed E-state index contributed by atoms with van der Waals surface area (Å²) in [6, 6.07) is 4.49. The number of halogens is 1. The number of carbonyl (C=O) groups is 1. The third-order valence-corrected chi connectivity index (χ3v) is 5.46. The van der Waals surface area contributed by atoms with E-state index in [1.807, 2.05) is 19.0 Å². The van der Waals surface area contributed by atoms with Gasteiger partial charge in [-0.2, -0.15) is 5.10 Å². The molecule has 1 aromatic heterocycles. The van der Waals surface area contributed by atoms with Gasteiger partial charge in [-0.25, -0.2) is 13.9 Å². The number of nitrogens with zero attached hydrogens (tertiary/aromatic N) is 4. The maximum Gasteiger partial charge on any atom is 0.345 e. The highest BCUT2D eigenvalue weighted by Gasteiger charge is 2.23. The molecule has 30 heavy (non-hydrogen) atoms. The van der Waals surface area contributed by atoms with E-state index in [9.17, 15) is 14.0 Å². The number of rotatable bonds is 8. The maximum atomic E-state index is 14.2. The lowest BCUT2D eigenvalue weighted by Crippen LogP contribution is -2.36. The van der Waals surface area contributed by atoms with Crippen LogP contribution < -0.4 is 16.7 Å². The van der Waals surface area contributed by atoms with E-state index >= 15 is 0 Å². The largest absolute Gasteiger partial charge is 0.349 e. The lowest BCUT2D eigenvalue weighted by Gasteiger charge is -2.17. The Hall–Kier alpha value is -2.52. The molecule has 0 saturated carbocycles. The molecule has 0 aliphatic carbocycles. The van der Waals surface area contributed by atoms with Gasteiger partial charge in [-0.1, -0.05) is 6.07 Å². The number of amides is 1. The molecule has 0 spiro atoms. The molecule has 3 N–H and O–H groups in total.